The number of benzene rings is 2. The summed E-state index contributed by atoms with van der Waals surface area (Å²) in [4.78, 5) is 14.4. The van der Waals surface area contributed by atoms with Gasteiger partial charge in [0.2, 0.25) is 15.9 Å². The molecule has 0 saturated carbocycles. The number of carbonyl (C=O) groups is 1. The number of rotatable bonds is 6. The Hall–Kier alpha value is -1.81. The lowest BCUT2D eigenvalue weighted by molar-refractivity contribution is -0.113. The van der Waals surface area contributed by atoms with Gasteiger partial charge in [-0.25, -0.2) is 8.42 Å². The number of piperidine rings is 1. The van der Waals surface area contributed by atoms with E-state index in [1.165, 1.54) is 19.3 Å². The summed E-state index contributed by atoms with van der Waals surface area (Å²) >= 11 is 2.13. The summed E-state index contributed by atoms with van der Waals surface area (Å²) in [6, 6.07) is 14.5. The van der Waals surface area contributed by atoms with Crippen LogP contribution < -0.4 is 14.9 Å². The van der Waals surface area contributed by atoms with Gasteiger partial charge in [-0.3, -0.25) is 9.52 Å². The number of carbonyl (C=O) groups excluding carboxylic acids is 1. The van der Waals surface area contributed by atoms with Crippen LogP contribution in [-0.2, 0) is 14.8 Å². The van der Waals surface area contributed by atoms with E-state index in [1.54, 1.807) is 30.3 Å². The Morgan fingerprint density at radius 2 is 1.70 bits per heavy atom. The zero-order valence-electron chi connectivity index (χ0n) is 14.8. The standard InChI is InChI=1S/C19H22IN3O3S/c20-15-5-4-6-17(13-15)21-19(24)14-27(25,26)22-16-7-9-18(10-8-16)23-11-2-1-3-12-23/h4-10,13,22H,1-3,11-12,14H2,(H,21,24). The van der Waals surface area contributed by atoms with Crippen LogP contribution in [0.5, 0.6) is 0 Å². The molecule has 0 aliphatic carbocycles. The second kappa shape index (κ2) is 8.92. The minimum atomic E-state index is -3.78. The van der Waals surface area contributed by atoms with Crippen LogP contribution in [0.15, 0.2) is 48.5 Å². The van der Waals surface area contributed by atoms with Gasteiger partial charge >= 0.3 is 0 Å². The Kier molecular flexibility index (Phi) is 6.59. The molecule has 0 aromatic heterocycles. The van der Waals surface area contributed by atoms with Crippen LogP contribution in [0.25, 0.3) is 0 Å². The molecule has 1 amide bonds. The summed E-state index contributed by atoms with van der Waals surface area (Å²) in [5.74, 6) is -1.21. The molecule has 0 spiro atoms. The molecule has 6 nitrogen and oxygen atoms in total. The van der Waals surface area contributed by atoms with Crippen molar-refractivity contribution in [2.24, 2.45) is 0 Å². The van der Waals surface area contributed by atoms with Crippen molar-refractivity contribution in [2.75, 3.05) is 33.8 Å². The predicted octanol–water partition coefficient (Wildman–Crippen LogP) is 3.66. The van der Waals surface area contributed by atoms with E-state index in [4.69, 9.17) is 0 Å². The van der Waals surface area contributed by atoms with E-state index in [9.17, 15) is 13.2 Å². The maximum Gasteiger partial charge on any atom is 0.241 e. The van der Waals surface area contributed by atoms with Crippen LogP contribution in [0.3, 0.4) is 0 Å². The minimum Gasteiger partial charge on any atom is -0.372 e. The maximum absolute atomic E-state index is 12.3. The molecule has 3 rings (SSSR count). The van der Waals surface area contributed by atoms with E-state index < -0.39 is 21.7 Å². The van der Waals surface area contributed by atoms with Crippen LogP contribution in [0.2, 0.25) is 0 Å². The van der Waals surface area contributed by atoms with Gasteiger partial charge in [0, 0.05) is 33.7 Å². The Labute approximate surface area is 173 Å². The van der Waals surface area contributed by atoms with E-state index in [1.807, 2.05) is 18.2 Å². The van der Waals surface area contributed by atoms with Crippen molar-refractivity contribution in [2.45, 2.75) is 19.3 Å². The average molecular weight is 499 g/mol. The van der Waals surface area contributed by atoms with Crippen LogP contribution in [-0.4, -0.2) is 33.2 Å². The van der Waals surface area contributed by atoms with Crippen molar-refractivity contribution >= 4 is 55.6 Å². The molecule has 8 heteroatoms. The summed E-state index contributed by atoms with van der Waals surface area (Å²) < 4.78 is 28.0. The summed E-state index contributed by atoms with van der Waals surface area (Å²) in [5, 5.41) is 2.61. The van der Waals surface area contributed by atoms with Crippen LogP contribution >= 0.6 is 22.6 Å². The lowest BCUT2D eigenvalue weighted by Gasteiger charge is -2.28. The number of sulfonamides is 1. The van der Waals surface area contributed by atoms with E-state index in [-0.39, 0.29) is 0 Å². The van der Waals surface area contributed by atoms with Crippen molar-refractivity contribution in [3.05, 3.63) is 52.1 Å². The number of halogens is 1. The number of amides is 1. The first-order chi connectivity index (χ1) is 12.9. The number of nitrogens with zero attached hydrogens (tertiary/aromatic N) is 1. The smallest absolute Gasteiger partial charge is 0.241 e. The quantitative estimate of drug-likeness (QED) is 0.595. The minimum absolute atomic E-state index is 0.456. The number of nitrogens with one attached hydrogen (secondary N) is 2. The molecule has 2 aromatic carbocycles. The monoisotopic (exact) mass is 499 g/mol. The molecule has 2 aromatic rings. The fourth-order valence-electron chi connectivity index (χ4n) is 3.04. The van der Waals surface area contributed by atoms with Gasteiger partial charge in [0.05, 0.1) is 0 Å². The van der Waals surface area contributed by atoms with Crippen LogP contribution in [0, 0.1) is 3.57 Å². The molecule has 0 bridgehead atoms. The molecule has 0 radical (unpaired) electrons. The molecular weight excluding hydrogens is 477 g/mol. The van der Waals surface area contributed by atoms with Crippen molar-refractivity contribution in [1.29, 1.82) is 0 Å². The fraction of sp³-hybridized carbons (Fsp3) is 0.316. The van der Waals surface area contributed by atoms with Gasteiger partial charge in [-0.2, -0.15) is 0 Å². The highest BCUT2D eigenvalue weighted by molar-refractivity contribution is 14.1. The molecule has 1 heterocycles. The molecule has 1 aliphatic rings. The average Bonchev–Trinajstić information content (AvgIpc) is 2.62. The third-order valence-corrected chi connectivity index (χ3v) is 6.15. The normalized spacial score (nSPS) is 14.6. The first-order valence-corrected chi connectivity index (χ1v) is 11.6. The zero-order valence-corrected chi connectivity index (χ0v) is 17.8. The van der Waals surface area contributed by atoms with Gasteiger partial charge in [0.1, 0.15) is 5.75 Å². The second-order valence-corrected chi connectivity index (χ2v) is 9.48. The largest absolute Gasteiger partial charge is 0.372 e. The van der Waals surface area contributed by atoms with Gasteiger partial charge in [0.15, 0.2) is 0 Å². The highest BCUT2D eigenvalue weighted by atomic mass is 127. The zero-order chi connectivity index (χ0) is 19.3. The van der Waals surface area contributed by atoms with Crippen molar-refractivity contribution in [3.63, 3.8) is 0 Å². The molecule has 27 heavy (non-hydrogen) atoms. The first kappa shape index (κ1) is 19.9. The molecule has 0 unspecified atom stereocenters. The van der Waals surface area contributed by atoms with Crippen molar-refractivity contribution in [1.82, 2.24) is 0 Å². The summed E-state index contributed by atoms with van der Waals surface area (Å²) in [6.45, 7) is 2.06. The predicted molar refractivity (Wildman–Crippen MR) is 118 cm³/mol. The summed E-state index contributed by atoms with van der Waals surface area (Å²) in [7, 11) is -3.78. The molecule has 0 atom stereocenters. The van der Waals surface area contributed by atoms with E-state index >= 15 is 0 Å². The van der Waals surface area contributed by atoms with Crippen molar-refractivity contribution in [3.8, 4) is 0 Å². The molecule has 1 saturated heterocycles. The Morgan fingerprint density at radius 1 is 1.00 bits per heavy atom. The third kappa shape index (κ3) is 6.10. The third-order valence-electron chi connectivity index (χ3n) is 4.29. The number of hydrogen-bond donors (Lipinski definition) is 2. The van der Waals surface area contributed by atoms with E-state index in [2.05, 4.69) is 37.5 Å². The molecule has 2 N–H and O–H groups in total. The lowest BCUT2D eigenvalue weighted by Crippen LogP contribution is -2.29. The van der Waals surface area contributed by atoms with Gasteiger partial charge < -0.3 is 10.2 Å². The lowest BCUT2D eigenvalue weighted by atomic mass is 10.1. The topological polar surface area (TPSA) is 78.5 Å². The number of hydrogen-bond acceptors (Lipinski definition) is 4. The Bertz CT molecular complexity index is 895. The van der Waals surface area contributed by atoms with Crippen molar-refractivity contribution < 1.29 is 13.2 Å². The van der Waals surface area contributed by atoms with E-state index in [0.29, 0.717) is 11.4 Å². The number of anilines is 3. The first-order valence-electron chi connectivity index (χ1n) is 8.82. The highest BCUT2D eigenvalue weighted by Crippen LogP contribution is 2.22. The van der Waals surface area contributed by atoms with Gasteiger partial charge in [-0.15, -0.1) is 0 Å². The highest BCUT2D eigenvalue weighted by Gasteiger charge is 2.17. The maximum atomic E-state index is 12.3. The van der Waals surface area contributed by atoms with Gasteiger partial charge in [-0.05, 0) is 84.3 Å². The fourth-order valence-corrected chi connectivity index (χ4v) is 4.57. The van der Waals surface area contributed by atoms with Gasteiger partial charge in [0.25, 0.3) is 0 Å². The SMILES string of the molecule is O=C(CS(=O)(=O)Nc1ccc(N2CCCCC2)cc1)Nc1cccc(I)c1. The molecule has 1 fully saturated rings. The molecular formula is C19H22IN3O3S. The van der Waals surface area contributed by atoms with Gasteiger partial charge in [-0.1, -0.05) is 6.07 Å². The Morgan fingerprint density at radius 3 is 2.37 bits per heavy atom. The summed E-state index contributed by atoms with van der Waals surface area (Å²) in [5.41, 5.74) is 2.12. The molecule has 1 aliphatic heterocycles. The van der Waals surface area contributed by atoms with Crippen LogP contribution in [0.4, 0.5) is 17.1 Å². The Balaban J connectivity index is 1.57. The molecule has 144 valence electrons. The van der Waals surface area contributed by atoms with E-state index in [0.717, 1.165) is 22.3 Å². The second-order valence-electron chi connectivity index (χ2n) is 6.51. The summed E-state index contributed by atoms with van der Waals surface area (Å²) in [6.07, 6.45) is 3.63. The van der Waals surface area contributed by atoms with Crippen LogP contribution in [0.1, 0.15) is 19.3 Å².